The predicted molar refractivity (Wildman–Crippen MR) is 77.4 cm³/mol. The first-order valence-electron chi connectivity index (χ1n) is 6.85. The summed E-state index contributed by atoms with van der Waals surface area (Å²) in [5.41, 5.74) is -0.133. The third-order valence-corrected chi connectivity index (χ3v) is 4.93. The summed E-state index contributed by atoms with van der Waals surface area (Å²) in [5, 5.41) is 8.39. The van der Waals surface area contributed by atoms with Crippen LogP contribution in [0.4, 0.5) is 5.13 Å². The van der Waals surface area contributed by atoms with Gasteiger partial charge in [0.05, 0.1) is 0 Å². The molecule has 106 valence electrons. The molecule has 3 aliphatic rings. The van der Waals surface area contributed by atoms with Crippen LogP contribution in [0.25, 0.3) is 4.96 Å². The monoisotopic (exact) mass is 292 g/mol. The molecule has 5 rings (SSSR count). The van der Waals surface area contributed by atoms with E-state index in [1.165, 1.54) is 41.2 Å². The van der Waals surface area contributed by atoms with E-state index in [2.05, 4.69) is 25.2 Å². The highest BCUT2D eigenvalue weighted by molar-refractivity contribution is 7.20. The van der Waals surface area contributed by atoms with Crippen molar-refractivity contribution in [1.29, 1.82) is 0 Å². The maximum absolute atomic E-state index is 11.6. The Bertz CT molecular complexity index is 674. The Hall–Kier alpha value is -1.51. The number of fused-ring (bicyclic) bond motifs is 4. The zero-order valence-corrected chi connectivity index (χ0v) is 11.8. The van der Waals surface area contributed by atoms with E-state index < -0.39 is 0 Å². The van der Waals surface area contributed by atoms with Gasteiger partial charge < -0.3 is 5.32 Å². The van der Waals surface area contributed by atoms with Crippen LogP contribution in [0.2, 0.25) is 0 Å². The third kappa shape index (κ3) is 2.09. The Labute approximate surface area is 119 Å². The van der Waals surface area contributed by atoms with E-state index in [-0.39, 0.29) is 5.56 Å². The molecule has 0 amide bonds. The number of hydrogen-bond acceptors (Lipinski definition) is 7. The van der Waals surface area contributed by atoms with Crippen LogP contribution < -0.4 is 10.9 Å². The van der Waals surface area contributed by atoms with Gasteiger partial charge in [-0.3, -0.25) is 14.6 Å². The van der Waals surface area contributed by atoms with Crippen LogP contribution in [0.1, 0.15) is 0 Å². The van der Waals surface area contributed by atoms with Crippen molar-refractivity contribution in [2.75, 3.05) is 44.6 Å². The molecule has 0 aliphatic carbocycles. The van der Waals surface area contributed by atoms with Crippen molar-refractivity contribution < 1.29 is 0 Å². The highest BCUT2D eigenvalue weighted by atomic mass is 32.1. The zero-order valence-electron chi connectivity index (χ0n) is 11.0. The maximum Gasteiger partial charge on any atom is 0.275 e. The minimum Gasteiger partial charge on any atom is -0.358 e. The molecule has 7 nitrogen and oxygen atoms in total. The van der Waals surface area contributed by atoms with E-state index in [4.69, 9.17) is 0 Å². The second-order valence-corrected chi connectivity index (χ2v) is 6.21. The number of hydrogen-bond donors (Lipinski definition) is 1. The largest absolute Gasteiger partial charge is 0.358 e. The summed E-state index contributed by atoms with van der Waals surface area (Å²) >= 11 is 1.42. The average molecular weight is 292 g/mol. The lowest BCUT2D eigenvalue weighted by molar-refractivity contribution is 0.0189. The molecule has 20 heavy (non-hydrogen) atoms. The molecule has 2 aromatic heterocycles. The van der Waals surface area contributed by atoms with Crippen LogP contribution in [0.5, 0.6) is 0 Å². The van der Waals surface area contributed by atoms with Crippen LogP contribution in [0, 0.1) is 0 Å². The first-order valence-corrected chi connectivity index (χ1v) is 7.66. The van der Waals surface area contributed by atoms with Crippen LogP contribution in [-0.4, -0.2) is 69.7 Å². The molecule has 2 bridgehead atoms. The number of anilines is 1. The van der Waals surface area contributed by atoms with Crippen LogP contribution in [-0.2, 0) is 0 Å². The highest BCUT2D eigenvalue weighted by Crippen LogP contribution is 2.19. The van der Waals surface area contributed by atoms with Crippen molar-refractivity contribution in [3.05, 3.63) is 22.6 Å². The van der Waals surface area contributed by atoms with Gasteiger partial charge >= 0.3 is 0 Å². The molecule has 1 N–H and O–H groups in total. The molecule has 0 saturated carbocycles. The molecule has 5 heterocycles. The summed E-state index contributed by atoms with van der Waals surface area (Å²) in [6.07, 6.45) is 1.53. The molecule has 3 fully saturated rings. The summed E-state index contributed by atoms with van der Waals surface area (Å²) in [4.78, 5) is 21.5. The molecule has 0 aromatic carbocycles. The normalized spacial score (nSPS) is 28.9. The van der Waals surface area contributed by atoms with Crippen LogP contribution >= 0.6 is 11.3 Å². The number of nitrogens with zero attached hydrogens (tertiary/aromatic N) is 5. The van der Waals surface area contributed by atoms with Gasteiger partial charge in [0.1, 0.15) is 0 Å². The lowest BCUT2D eigenvalue weighted by Gasteiger charge is -2.47. The molecular formula is C12H16N6OS. The van der Waals surface area contributed by atoms with Gasteiger partial charge in [0.2, 0.25) is 10.1 Å². The number of nitrogens with one attached hydrogen (secondary N) is 1. The van der Waals surface area contributed by atoms with Crippen molar-refractivity contribution in [3.8, 4) is 0 Å². The summed E-state index contributed by atoms with van der Waals surface area (Å²) in [7, 11) is 0. The van der Waals surface area contributed by atoms with Crippen molar-refractivity contribution in [2.45, 2.75) is 6.04 Å². The van der Waals surface area contributed by atoms with Crippen molar-refractivity contribution >= 4 is 21.4 Å². The highest BCUT2D eigenvalue weighted by Gasteiger charge is 2.31. The van der Waals surface area contributed by atoms with Gasteiger partial charge in [0.15, 0.2) is 0 Å². The lowest BCUT2D eigenvalue weighted by Crippen LogP contribution is -2.62. The van der Waals surface area contributed by atoms with Crippen molar-refractivity contribution in [3.63, 3.8) is 0 Å². The van der Waals surface area contributed by atoms with E-state index in [9.17, 15) is 4.79 Å². The van der Waals surface area contributed by atoms with E-state index in [1.807, 2.05) is 0 Å². The fourth-order valence-corrected chi connectivity index (χ4v) is 3.72. The molecular weight excluding hydrogens is 276 g/mol. The molecule has 1 atom stereocenters. The summed E-state index contributed by atoms with van der Waals surface area (Å²) < 4.78 is 1.35. The molecule has 3 aliphatic heterocycles. The second kappa shape index (κ2) is 4.80. The van der Waals surface area contributed by atoms with E-state index >= 15 is 0 Å². The van der Waals surface area contributed by atoms with Crippen molar-refractivity contribution in [1.82, 2.24) is 24.4 Å². The van der Waals surface area contributed by atoms with Gasteiger partial charge in [-0.05, 0) is 0 Å². The smallest absolute Gasteiger partial charge is 0.275 e. The first kappa shape index (κ1) is 12.2. The number of aromatic nitrogens is 3. The molecule has 0 spiro atoms. The van der Waals surface area contributed by atoms with Gasteiger partial charge in [-0.2, -0.15) is 4.52 Å². The fraction of sp³-hybridized carbons (Fsp3) is 0.583. The molecule has 8 heteroatoms. The van der Waals surface area contributed by atoms with Crippen LogP contribution in [0.15, 0.2) is 17.1 Å². The molecule has 1 unspecified atom stereocenters. The molecule has 3 saturated heterocycles. The summed E-state index contributed by atoms with van der Waals surface area (Å²) in [6, 6.07) is 1.96. The SMILES string of the molecule is O=c1ccnc2sc(NCC3CN4CCN3CC4)nn12. The van der Waals surface area contributed by atoms with Gasteiger partial charge in [-0.15, -0.1) is 5.10 Å². The predicted octanol–water partition coefficient (Wildman–Crippen LogP) is -0.437. The Morgan fingerprint density at radius 3 is 2.90 bits per heavy atom. The van der Waals surface area contributed by atoms with Crippen molar-refractivity contribution in [2.24, 2.45) is 0 Å². The Balaban J connectivity index is 1.48. The fourth-order valence-electron chi connectivity index (χ4n) is 2.94. The van der Waals surface area contributed by atoms with E-state index in [0.29, 0.717) is 11.0 Å². The second-order valence-electron chi connectivity index (χ2n) is 5.26. The van der Waals surface area contributed by atoms with Gasteiger partial charge in [-0.1, -0.05) is 11.3 Å². The van der Waals surface area contributed by atoms with Crippen LogP contribution in [0.3, 0.4) is 0 Å². The Kier molecular flexibility index (Phi) is 2.94. The van der Waals surface area contributed by atoms with E-state index in [0.717, 1.165) is 31.3 Å². The minimum absolute atomic E-state index is 0.133. The average Bonchev–Trinajstić information content (AvgIpc) is 2.91. The maximum atomic E-state index is 11.6. The van der Waals surface area contributed by atoms with Gasteiger partial charge in [0.25, 0.3) is 5.56 Å². The first-order chi connectivity index (χ1) is 9.79. The van der Waals surface area contributed by atoms with Gasteiger partial charge in [0, 0.05) is 57.6 Å². The number of piperazine rings is 3. The summed E-state index contributed by atoms with van der Waals surface area (Å²) in [5.74, 6) is 0. The van der Waals surface area contributed by atoms with Gasteiger partial charge in [-0.25, -0.2) is 4.98 Å². The standard InChI is InChI=1S/C12H16N6OS/c19-10-1-2-13-12-18(10)15-11(20-12)14-7-9-8-16-3-5-17(9)6-4-16/h1-2,9H,3-8H2,(H,14,15). The zero-order chi connectivity index (χ0) is 13.5. The minimum atomic E-state index is -0.133. The molecule has 0 radical (unpaired) electrons. The topological polar surface area (TPSA) is 65.8 Å². The quantitative estimate of drug-likeness (QED) is 0.827. The molecule has 2 aromatic rings. The van der Waals surface area contributed by atoms with E-state index in [1.54, 1.807) is 0 Å². The summed E-state index contributed by atoms with van der Waals surface area (Å²) in [6.45, 7) is 6.69. The number of rotatable bonds is 3. The Morgan fingerprint density at radius 2 is 2.20 bits per heavy atom. The Morgan fingerprint density at radius 1 is 1.35 bits per heavy atom. The third-order valence-electron chi connectivity index (χ3n) is 4.05. The lowest BCUT2D eigenvalue weighted by atomic mass is 10.1.